The minimum absolute atomic E-state index is 0.0464. The lowest BCUT2D eigenvalue weighted by Crippen LogP contribution is -2.48. The Bertz CT molecular complexity index is 463. The molecule has 0 saturated carbocycles. The highest BCUT2D eigenvalue weighted by Gasteiger charge is 2.44. The molecule has 3 atom stereocenters. The number of fused-ring (bicyclic) bond motifs is 2. The van der Waals surface area contributed by atoms with Crippen LogP contribution in [-0.4, -0.2) is 44.5 Å². The fourth-order valence-corrected chi connectivity index (χ4v) is 3.16. The molecule has 1 aromatic rings. The van der Waals surface area contributed by atoms with E-state index in [9.17, 15) is 9.90 Å². The lowest BCUT2D eigenvalue weighted by atomic mass is 10.0. The number of aryl methyl sites for hydroxylation is 1. The first-order chi connectivity index (χ1) is 9.13. The van der Waals surface area contributed by atoms with Gasteiger partial charge in [0.05, 0.1) is 5.69 Å². The standard InChI is InChI=1S/C13H17N3O3/c1-8-2-5-12(15-14-8)19-11-6-9-3-4-10(7-11)16(9)13(17)18/h2,5,9-11H,3-4,6-7H2,1H3,(H,17,18)/t9-,10+,11?. The first-order valence-electron chi connectivity index (χ1n) is 6.61. The van der Waals surface area contributed by atoms with Gasteiger partial charge in [-0.1, -0.05) is 0 Å². The van der Waals surface area contributed by atoms with Gasteiger partial charge in [-0.2, -0.15) is 5.10 Å². The topological polar surface area (TPSA) is 75.5 Å². The molecular formula is C13H17N3O3. The zero-order valence-electron chi connectivity index (χ0n) is 10.8. The number of piperidine rings is 1. The van der Waals surface area contributed by atoms with E-state index in [4.69, 9.17) is 4.74 Å². The molecule has 2 aliphatic rings. The summed E-state index contributed by atoms with van der Waals surface area (Å²) >= 11 is 0. The number of amides is 1. The van der Waals surface area contributed by atoms with Crippen molar-refractivity contribution >= 4 is 6.09 Å². The minimum atomic E-state index is -0.805. The molecule has 2 aliphatic heterocycles. The molecule has 3 rings (SSSR count). The van der Waals surface area contributed by atoms with E-state index in [0.29, 0.717) is 5.88 Å². The van der Waals surface area contributed by atoms with Crippen LogP contribution >= 0.6 is 0 Å². The van der Waals surface area contributed by atoms with E-state index in [1.807, 2.05) is 19.1 Å². The van der Waals surface area contributed by atoms with Gasteiger partial charge in [0.15, 0.2) is 0 Å². The second-order valence-corrected chi connectivity index (χ2v) is 5.30. The summed E-state index contributed by atoms with van der Waals surface area (Å²) < 4.78 is 5.83. The fraction of sp³-hybridized carbons (Fsp3) is 0.615. The van der Waals surface area contributed by atoms with E-state index in [1.165, 1.54) is 0 Å². The van der Waals surface area contributed by atoms with Crippen molar-refractivity contribution in [3.8, 4) is 5.88 Å². The summed E-state index contributed by atoms with van der Waals surface area (Å²) in [6.07, 6.45) is 2.62. The van der Waals surface area contributed by atoms with Crippen molar-refractivity contribution < 1.29 is 14.6 Å². The van der Waals surface area contributed by atoms with Crippen LogP contribution in [0.1, 0.15) is 31.4 Å². The highest BCUT2D eigenvalue weighted by molar-refractivity contribution is 5.66. The van der Waals surface area contributed by atoms with Gasteiger partial charge in [-0.15, -0.1) is 5.10 Å². The lowest BCUT2D eigenvalue weighted by Gasteiger charge is -2.36. The van der Waals surface area contributed by atoms with Crippen molar-refractivity contribution in [1.29, 1.82) is 0 Å². The normalized spacial score (nSPS) is 29.3. The van der Waals surface area contributed by atoms with Crippen molar-refractivity contribution in [3.05, 3.63) is 17.8 Å². The van der Waals surface area contributed by atoms with Crippen molar-refractivity contribution in [2.75, 3.05) is 0 Å². The Kier molecular flexibility index (Phi) is 3.00. The van der Waals surface area contributed by atoms with Crippen LogP contribution in [0.3, 0.4) is 0 Å². The Morgan fingerprint density at radius 1 is 1.32 bits per heavy atom. The van der Waals surface area contributed by atoms with Crippen molar-refractivity contribution in [1.82, 2.24) is 15.1 Å². The van der Waals surface area contributed by atoms with Gasteiger partial charge in [-0.05, 0) is 25.8 Å². The van der Waals surface area contributed by atoms with Crippen LogP contribution < -0.4 is 4.74 Å². The third-order valence-electron chi connectivity index (χ3n) is 3.97. The summed E-state index contributed by atoms with van der Waals surface area (Å²) in [4.78, 5) is 12.8. The van der Waals surface area contributed by atoms with Gasteiger partial charge in [-0.3, -0.25) is 0 Å². The van der Waals surface area contributed by atoms with E-state index in [1.54, 1.807) is 4.90 Å². The number of aromatic nitrogens is 2. The molecule has 1 N–H and O–H groups in total. The number of hydrogen-bond acceptors (Lipinski definition) is 4. The Balaban J connectivity index is 1.66. The van der Waals surface area contributed by atoms with Crippen molar-refractivity contribution in [3.63, 3.8) is 0 Å². The van der Waals surface area contributed by atoms with E-state index in [2.05, 4.69) is 10.2 Å². The number of ether oxygens (including phenoxy) is 1. The average molecular weight is 263 g/mol. The molecule has 2 saturated heterocycles. The second-order valence-electron chi connectivity index (χ2n) is 5.30. The number of nitrogens with zero attached hydrogens (tertiary/aromatic N) is 3. The summed E-state index contributed by atoms with van der Waals surface area (Å²) in [6.45, 7) is 1.88. The largest absolute Gasteiger partial charge is 0.473 e. The molecule has 2 bridgehead atoms. The molecule has 3 heterocycles. The van der Waals surface area contributed by atoms with Crippen LogP contribution in [-0.2, 0) is 0 Å². The highest BCUT2D eigenvalue weighted by atomic mass is 16.5. The summed E-state index contributed by atoms with van der Waals surface area (Å²) in [5.41, 5.74) is 0.855. The van der Waals surface area contributed by atoms with Crippen LogP contribution in [0.25, 0.3) is 0 Å². The van der Waals surface area contributed by atoms with E-state index in [0.717, 1.165) is 31.4 Å². The summed E-state index contributed by atoms with van der Waals surface area (Å²) in [5, 5.41) is 17.1. The lowest BCUT2D eigenvalue weighted by molar-refractivity contribution is 0.0472. The molecule has 102 valence electrons. The third kappa shape index (κ3) is 2.34. The molecule has 0 spiro atoms. The molecule has 0 radical (unpaired) electrons. The monoisotopic (exact) mass is 263 g/mol. The highest BCUT2D eigenvalue weighted by Crippen LogP contribution is 2.36. The molecule has 1 unspecified atom stereocenters. The average Bonchev–Trinajstić information content (AvgIpc) is 2.65. The SMILES string of the molecule is Cc1ccc(OC2C[C@H]3CC[C@@H](C2)N3C(=O)O)nn1. The number of carboxylic acid groups (broad SMARTS) is 1. The number of carbonyl (C=O) groups is 1. The molecule has 0 aliphatic carbocycles. The summed E-state index contributed by atoms with van der Waals surface area (Å²) in [5.74, 6) is 0.527. The quantitative estimate of drug-likeness (QED) is 0.881. The van der Waals surface area contributed by atoms with Gasteiger partial charge in [-0.25, -0.2) is 4.79 Å². The van der Waals surface area contributed by atoms with Crippen molar-refractivity contribution in [2.45, 2.75) is 50.8 Å². The van der Waals surface area contributed by atoms with E-state index in [-0.39, 0.29) is 18.2 Å². The Morgan fingerprint density at radius 3 is 2.53 bits per heavy atom. The molecular weight excluding hydrogens is 246 g/mol. The molecule has 2 fully saturated rings. The fourth-order valence-electron chi connectivity index (χ4n) is 3.16. The van der Waals surface area contributed by atoms with Crippen LogP contribution in [0.5, 0.6) is 5.88 Å². The minimum Gasteiger partial charge on any atom is -0.473 e. The molecule has 0 aromatic carbocycles. The predicted octanol–water partition coefficient (Wildman–Crippen LogP) is 1.84. The van der Waals surface area contributed by atoms with Crippen LogP contribution in [0.4, 0.5) is 4.79 Å². The van der Waals surface area contributed by atoms with Gasteiger partial charge in [0, 0.05) is 31.0 Å². The Hall–Kier alpha value is -1.85. The summed E-state index contributed by atoms with van der Waals surface area (Å²) in [6, 6.07) is 3.87. The van der Waals surface area contributed by atoms with E-state index >= 15 is 0 Å². The number of rotatable bonds is 2. The van der Waals surface area contributed by atoms with Gasteiger partial charge in [0.25, 0.3) is 0 Å². The summed E-state index contributed by atoms with van der Waals surface area (Å²) in [7, 11) is 0. The third-order valence-corrected chi connectivity index (χ3v) is 3.97. The first-order valence-corrected chi connectivity index (χ1v) is 6.61. The molecule has 1 aromatic heterocycles. The first kappa shape index (κ1) is 12.2. The van der Waals surface area contributed by atoms with E-state index < -0.39 is 6.09 Å². The maximum Gasteiger partial charge on any atom is 0.407 e. The van der Waals surface area contributed by atoms with Gasteiger partial charge < -0.3 is 14.7 Å². The molecule has 6 nitrogen and oxygen atoms in total. The second kappa shape index (κ2) is 4.68. The zero-order chi connectivity index (χ0) is 13.4. The van der Waals surface area contributed by atoms with Gasteiger partial charge in [0.2, 0.25) is 5.88 Å². The van der Waals surface area contributed by atoms with Crippen LogP contribution in [0, 0.1) is 6.92 Å². The number of hydrogen-bond donors (Lipinski definition) is 1. The van der Waals surface area contributed by atoms with Gasteiger partial charge >= 0.3 is 6.09 Å². The smallest absolute Gasteiger partial charge is 0.407 e. The van der Waals surface area contributed by atoms with Crippen LogP contribution in [0.2, 0.25) is 0 Å². The maximum atomic E-state index is 11.2. The Morgan fingerprint density at radius 2 is 2.00 bits per heavy atom. The van der Waals surface area contributed by atoms with Crippen LogP contribution in [0.15, 0.2) is 12.1 Å². The van der Waals surface area contributed by atoms with Crippen molar-refractivity contribution in [2.24, 2.45) is 0 Å². The maximum absolute atomic E-state index is 11.2. The zero-order valence-corrected chi connectivity index (χ0v) is 10.8. The Labute approximate surface area is 111 Å². The molecule has 19 heavy (non-hydrogen) atoms. The molecule has 1 amide bonds. The molecule has 6 heteroatoms. The predicted molar refractivity (Wildman–Crippen MR) is 67.1 cm³/mol. The van der Waals surface area contributed by atoms with Gasteiger partial charge in [0.1, 0.15) is 6.10 Å².